The standard InChI is InChI=1S/C12H16N2OS/c15-11-6-8-14(9-7-11)12(16)13-10-4-2-1-3-5-10/h1-5,11,15H,6-9H2,(H,13,16). The molecule has 3 nitrogen and oxygen atoms in total. The number of nitrogens with one attached hydrogen (secondary N) is 1. The number of anilines is 1. The molecule has 0 radical (unpaired) electrons. The molecular weight excluding hydrogens is 220 g/mol. The van der Waals surface area contributed by atoms with E-state index in [1.807, 2.05) is 30.3 Å². The van der Waals surface area contributed by atoms with Gasteiger partial charge < -0.3 is 15.3 Å². The second kappa shape index (κ2) is 5.27. The van der Waals surface area contributed by atoms with Crippen molar-refractivity contribution in [2.24, 2.45) is 0 Å². The molecule has 0 aliphatic carbocycles. The fraction of sp³-hybridized carbons (Fsp3) is 0.417. The number of aliphatic hydroxyl groups excluding tert-OH is 1. The van der Waals surface area contributed by atoms with Crippen LogP contribution in [0.1, 0.15) is 12.8 Å². The Morgan fingerprint density at radius 2 is 1.88 bits per heavy atom. The van der Waals surface area contributed by atoms with E-state index in [1.165, 1.54) is 0 Å². The molecule has 2 rings (SSSR count). The van der Waals surface area contributed by atoms with Gasteiger partial charge in [0.1, 0.15) is 0 Å². The summed E-state index contributed by atoms with van der Waals surface area (Å²) in [6.07, 6.45) is 1.45. The van der Waals surface area contributed by atoms with Crippen LogP contribution in [0.25, 0.3) is 0 Å². The molecule has 1 aliphatic heterocycles. The lowest BCUT2D eigenvalue weighted by molar-refractivity contribution is 0.110. The van der Waals surface area contributed by atoms with Gasteiger partial charge in [-0.2, -0.15) is 0 Å². The molecule has 0 amide bonds. The van der Waals surface area contributed by atoms with E-state index in [2.05, 4.69) is 10.2 Å². The Balaban J connectivity index is 1.89. The molecule has 1 aromatic carbocycles. The molecule has 0 bridgehead atoms. The quantitative estimate of drug-likeness (QED) is 0.729. The van der Waals surface area contributed by atoms with Crippen molar-refractivity contribution in [3.05, 3.63) is 30.3 Å². The summed E-state index contributed by atoms with van der Waals surface area (Å²) in [7, 11) is 0. The number of nitrogens with zero attached hydrogens (tertiary/aromatic N) is 1. The van der Waals surface area contributed by atoms with Gasteiger partial charge in [0.2, 0.25) is 0 Å². The van der Waals surface area contributed by atoms with Gasteiger partial charge in [0, 0.05) is 18.8 Å². The molecule has 0 spiro atoms. The van der Waals surface area contributed by atoms with Crippen LogP contribution in [0.2, 0.25) is 0 Å². The van der Waals surface area contributed by atoms with Crippen LogP contribution in [0.4, 0.5) is 5.69 Å². The zero-order chi connectivity index (χ0) is 11.4. The normalized spacial score (nSPS) is 17.2. The monoisotopic (exact) mass is 236 g/mol. The van der Waals surface area contributed by atoms with Crippen LogP contribution in [0.3, 0.4) is 0 Å². The third kappa shape index (κ3) is 2.93. The first-order valence-corrected chi connectivity index (χ1v) is 5.95. The summed E-state index contributed by atoms with van der Waals surface area (Å²) in [5, 5.41) is 13.4. The van der Waals surface area contributed by atoms with Gasteiger partial charge >= 0.3 is 0 Å². The predicted octanol–water partition coefficient (Wildman–Crippen LogP) is 1.84. The number of aliphatic hydroxyl groups is 1. The van der Waals surface area contributed by atoms with Crippen LogP contribution in [-0.2, 0) is 0 Å². The zero-order valence-electron chi connectivity index (χ0n) is 9.10. The van der Waals surface area contributed by atoms with E-state index >= 15 is 0 Å². The van der Waals surface area contributed by atoms with Crippen molar-refractivity contribution >= 4 is 23.0 Å². The van der Waals surface area contributed by atoms with Crippen LogP contribution < -0.4 is 5.32 Å². The van der Waals surface area contributed by atoms with Gasteiger partial charge in [0.25, 0.3) is 0 Å². The van der Waals surface area contributed by atoms with Crippen molar-refractivity contribution in [1.82, 2.24) is 4.90 Å². The Labute approximate surface area is 101 Å². The Bertz CT molecular complexity index is 347. The fourth-order valence-electron chi connectivity index (χ4n) is 1.79. The maximum Gasteiger partial charge on any atom is 0.173 e. The summed E-state index contributed by atoms with van der Waals surface area (Å²) in [4.78, 5) is 2.11. The third-order valence-corrected chi connectivity index (χ3v) is 3.14. The lowest BCUT2D eigenvalue weighted by Crippen LogP contribution is -2.42. The molecule has 2 N–H and O–H groups in total. The highest BCUT2D eigenvalue weighted by Gasteiger charge is 2.18. The van der Waals surface area contributed by atoms with E-state index in [0.29, 0.717) is 0 Å². The van der Waals surface area contributed by atoms with Gasteiger partial charge in [-0.25, -0.2) is 0 Å². The van der Waals surface area contributed by atoms with Crippen molar-refractivity contribution in [3.8, 4) is 0 Å². The molecule has 4 heteroatoms. The lowest BCUT2D eigenvalue weighted by Gasteiger charge is -2.31. The molecular formula is C12H16N2OS. The van der Waals surface area contributed by atoms with E-state index in [1.54, 1.807) is 0 Å². The molecule has 1 aromatic rings. The molecule has 16 heavy (non-hydrogen) atoms. The van der Waals surface area contributed by atoms with Gasteiger partial charge in [-0.1, -0.05) is 18.2 Å². The van der Waals surface area contributed by atoms with E-state index in [-0.39, 0.29) is 6.10 Å². The zero-order valence-corrected chi connectivity index (χ0v) is 9.91. The van der Waals surface area contributed by atoms with E-state index in [0.717, 1.165) is 36.7 Å². The Morgan fingerprint density at radius 1 is 1.25 bits per heavy atom. The first kappa shape index (κ1) is 11.4. The summed E-state index contributed by atoms with van der Waals surface area (Å²) in [6.45, 7) is 1.67. The van der Waals surface area contributed by atoms with E-state index < -0.39 is 0 Å². The van der Waals surface area contributed by atoms with Crippen molar-refractivity contribution in [2.75, 3.05) is 18.4 Å². The average Bonchev–Trinajstić information content (AvgIpc) is 2.31. The molecule has 0 saturated carbocycles. The highest BCUT2D eigenvalue weighted by molar-refractivity contribution is 7.80. The number of hydrogen-bond donors (Lipinski definition) is 2. The smallest absolute Gasteiger partial charge is 0.173 e. The molecule has 1 fully saturated rings. The van der Waals surface area contributed by atoms with Crippen LogP contribution in [-0.4, -0.2) is 34.3 Å². The van der Waals surface area contributed by atoms with Gasteiger partial charge in [-0.3, -0.25) is 0 Å². The second-order valence-corrected chi connectivity index (χ2v) is 4.40. The summed E-state index contributed by atoms with van der Waals surface area (Å²) in [5.74, 6) is 0. The fourth-order valence-corrected chi connectivity index (χ4v) is 2.09. The number of piperidine rings is 1. The molecule has 86 valence electrons. The Morgan fingerprint density at radius 3 is 2.50 bits per heavy atom. The molecule has 0 aromatic heterocycles. The molecule has 1 heterocycles. The van der Waals surface area contributed by atoms with Crippen LogP contribution in [0.15, 0.2) is 30.3 Å². The predicted molar refractivity (Wildman–Crippen MR) is 69.5 cm³/mol. The van der Waals surface area contributed by atoms with Crippen molar-refractivity contribution in [2.45, 2.75) is 18.9 Å². The number of likely N-dealkylation sites (tertiary alicyclic amines) is 1. The highest BCUT2D eigenvalue weighted by Crippen LogP contribution is 2.12. The maximum atomic E-state index is 9.41. The van der Waals surface area contributed by atoms with Gasteiger partial charge in [0.05, 0.1) is 6.10 Å². The van der Waals surface area contributed by atoms with E-state index in [9.17, 15) is 5.11 Å². The maximum absolute atomic E-state index is 9.41. The largest absolute Gasteiger partial charge is 0.393 e. The lowest BCUT2D eigenvalue weighted by atomic mass is 10.1. The van der Waals surface area contributed by atoms with Crippen molar-refractivity contribution in [1.29, 1.82) is 0 Å². The molecule has 0 atom stereocenters. The van der Waals surface area contributed by atoms with Crippen molar-refractivity contribution < 1.29 is 5.11 Å². The Kier molecular flexibility index (Phi) is 3.74. The minimum absolute atomic E-state index is 0.157. The summed E-state index contributed by atoms with van der Waals surface area (Å²) in [6, 6.07) is 9.91. The van der Waals surface area contributed by atoms with E-state index in [4.69, 9.17) is 12.2 Å². The number of thiocarbonyl (C=S) groups is 1. The summed E-state index contributed by atoms with van der Waals surface area (Å²) >= 11 is 5.33. The molecule has 1 aliphatic rings. The first-order valence-electron chi connectivity index (χ1n) is 5.55. The summed E-state index contributed by atoms with van der Waals surface area (Å²) in [5.41, 5.74) is 1.01. The molecule has 1 saturated heterocycles. The summed E-state index contributed by atoms with van der Waals surface area (Å²) < 4.78 is 0. The van der Waals surface area contributed by atoms with Crippen LogP contribution in [0, 0.1) is 0 Å². The first-order chi connectivity index (χ1) is 7.75. The molecule has 0 unspecified atom stereocenters. The topological polar surface area (TPSA) is 35.5 Å². The minimum Gasteiger partial charge on any atom is -0.393 e. The number of hydrogen-bond acceptors (Lipinski definition) is 2. The average molecular weight is 236 g/mol. The number of benzene rings is 1. The number of para-hydroxylation sites is 1. The van der Waals surface area contributed by atoms with Gasteiger partial charge in [0.15, 0.2) is 5.11 Å². The number of rotatable bonds is 1. The van der Waals surface area contributed by atoms with Crippen molar-refractivity contribution in [3.63, 3.8) is 0 Å². The Hall–Kier alpha value is -1.13. The minimum atomic E-state index is -0.157. The van der Waals surface area contributed by atoms with Gasteiger partial charge in [-0.05, 0) is 37.2 Å². The van der Waals surface area contributed by atoms with Crippen LogP contribution in [0.5, 0.6) is 0 Å². The van der Waals surface area contributed by atoms with Gasteiger partial charge in [-0.15, -0.1) is 0 Å². The second-order valence-electron chi connectivity index (χ2n) is 4.01. The van der Waals surface area contributed by atoms with Crippen LogP contribution >= 0.6 is 12.2 Å². The highest BCUT2D eigenvalue weighted by atomic mass is 32.1. The third-order valence-electron chi connectivity index (χ3n) is 2.78. The SMILES string of the molecule is OC1CCN(C(=S)Nc2ccccc2)CC1.